The van der Waals surface area contributed by atoms with E-state index in [0.717, 1.165) is 29.5 Å². The van der Waals surface area contributed by atoms with Gasteiger partial charge in [0.2, 0.25) is 0 Å². The van der Waals surface area contributed by atoms with Gasteiger partial charge in [-0.3, -0.25) is 0 Å². The number of hydrogen-bond acceptors (Lipinski definition) is 9. The molecule has 2 aromatic carbocycles. The Morgan fingerprint density at radius 2 is 1.89 bits per heavy atom. The van der Waals surface area contributed by atoms with E-state index in [0.29, 0.717) is 22.6 Å². The lowest BCUT2D eigenvalue weighted by atomic mass is 9.87. The molecule has 1 atom stereocenters. The van der Waals surface area contributed by atoms with Crippen molar-refractivity contribution >= 4 is 28.3 Å². The smallest absolute Gasteiger partial charge is 0.335 e. The van der Waals surface area contributed by atoms with Crippen molar-refractivity contribution in [2.24, 2.45) is 5.41 Å². The maximum Gasteiger partial charge on any atom is 0.335 e. The van der Waals surface area contributed by atoms with Crippen molar-refractivity contribution in [1.82, 2.24) is 24.7 Å². The van der Waals surface area contributed by atoms with Crippen molar-refractivity contribution in [3.05, 3.63) is 81.6 Å². The Morgan fingerprint density at radius 3 is 2.58 bits per heavy atom. The van der Waals surface area contributed by atoms with Crippen LogP contribution in [0.4, 0.5) is 17.6 Å². The summed E-state index contributed by atoms with van der Waals surface area (Å²) >= 11 is 1.06. The quantitative estimate of drug-likeness (QED) is 0.153. The zero-order valence-corrected chi connectivity index (χ0v) is 24.9. The second-order valence-electron chi connectivity index (χ2n) is 11.1. The van der Waals surface area contributed by atoms with E-state index in [1.807, 2.05) is 13.8 Å². The Morgan fingerprint density at radius 1 is 1.09 bits per heavy atom. The summed E-state index contributed by atoms with van der Waals surface area (Å²) in [6.45, 7) is 4.34. The van der Waals surface area contributed by atoms with Gasteiger partial charge in [0.1, 0.15) is 18.2 Å². The van der Waals surface area contributed by atoms with Crippen LogP contribution < -0.4 is 9.47 Å². The molecule has 5 aromatic rings. The normalized spacial score (nSPS) is 15.9. The highest BCUT2D eigenvalue weighted by Gasteiger charge is 2.39. The van der Waals surface area contributed by atoms with Crippen molar-refractivity contribution in [3.63, 3.8) is 0 Å². The summed E-state index contributed by atoms with van der Waals surface area (Å²) in [5, 5.41) is 17.7. The molecule has 0 bridgehead atoms. The Balaban J connectivity index is 1.36. The summed E-state index contributed by atoms with van der Waals surface area (Å²) in [5.74, 6) is -6.29. The van der Waals surface area contributed by atoms with Gasteiger partial charge in [0, 0.05) is 23.0 Å². The first kappa shape index (κ1) is 30.4. The number of halogens is 4. The number of hydrogen-bond donors (Lipinski definition) is 1. The van der Waals surface area contributed by atoms with Crippen LogP contribution in [-0.4, -0.2) is 56.1 Å². The van der Waals surface area contributed by atoms with Crippen molar-refractivity contribution < 1.29 is 41.7 Å². The summed E-state index contributed by atoms with van der Waals surface area (Å²) in [6.07, 6.45) is -0.449. The predicted octanol–water partition coefficient (Wildman–Crippen LogP) is 5.98. The molecule has 1 N–H and O–H groups in total. The molecule has 0 aliphatic carbocycles. The van der Waals surface area contributed by atoms with E-state index in [2.05, 4.69) is 20.2 Å². The van der Waals surface area contributed by atoms with Crippen molar-refractivity contribution in [2.75, 3.05) is 20.3 Å². The van der Waals surface area contributed by atoms with Gasteiger partial charge < -0.3 is 23.9 Å². The van der Waals surface area contributed by atoms with Crippen molar-refractivity contribution in [2.45, 2.75) is 32.9 Å². The van der Waals surface area contributed by atoms with E-state index in [4.69, 9.17) is 14.2 Å². The Labute approximate surface area is 257 Å². The van der Waals surface area contributed by atoms with E-state index in [1.165, 1.54) is 25.3 Å². The van der Waals surface area contributed by atoms with Crippen LogP contribution in [0.2, 0.25) is 0 Å². The number of fused-ring (bicyclic) bond motifs is 1. The number of carboxylic acids is 1. The van der Waals surface area contributed by atoms with Crippen LogP contribution in [0.5, 0.6) is 11.1 Å². The third-order valence-electron chi connectivity index (χ3n) is 7.61. The number of carbonyl (C=O) groups is 1. The van der Waals surface area contributed by atoms with E-state index in [9.17, 15) is 14.3 Å². The second kappa shape index (κ2) is 11.7. The van der Waals surface area contributed by atoms with Crippen molar-refractivity contribution in [3.8, 4) is 22.3 Å². The Kier molecular flexibility index (Phi) is 7.91. The fourth-order valence-corrected chi connectivity index (χ4v) is 5.82. The summed E-state index contributed by atoms with van der Waals surface area (Å²) in [6, 6.07) is 6.80. The van der Waals surface area contributed by atoms with Gasteiger partial charge in [0.05, 0.1) is 48.7 Å². The van der Waals surface area contributed by atoms with Crippen LogP contribution in [-0.2, 0) is 17.8 Å². The zero-order valence-electron chi connectivity index (χ0n) is 24.1. The monoisotopic (exact) mass is 643 g/mol. The van der Waals surface area contributed by atoms with Crippen LogP contribution in [0, 0.1) is 28.7 Å². The first-order valence-corrected chi connectivity index (χ1v) is 14.4. The molecule has 0 saturated carbocycles. The first-order valence-electron chi connectivity index (χ1n) is 13.6. The lowest BCUT2D eigenvalue weighted by Gasteiger charge is -2.28. The maximum absolute atomic E-state index is 15.7. The summed E-state index contributed by atoms with van der Waals surface area (Å²) in [5.41, 5.74) is -0.955. The topological polar surface area (TPSA) is 121 Å². The number of aromatic nitrogens is 5. The fourth-order valence-electron chi connectivity index (χ4n) is 5.25. The fraction of sp³-hybridized carbons (Fsp3) is 0.300. The number of aromatic carboxylic acids is 1. The number of methoxy groups -OCH3 is 1. The van der Waals surface area contributed by atoms with Gasteiger partial charge in [-0.15, -0.1) is 5.10 Å². The van der Waals surface area contributed by atoms with Crippen LogP contribution in [0.3, 0.4) is 0 Å². The molecule has 234 valence electrons. The van der Waals surface area contributed by atoms with Gasteiger partial charge in [-0.25, -0.2) is 32.3 Å². The van der Waals surface area contributed by atoms with Gasteiger partial charge in [-0.2, -0.15) is 0 Å². The van der Waals surface area contributed by atoms with E-state index in [-0.39, 0.29) is 41.5 Å². The molecule has 6 rings (SSSR count). The number of pyridine rings is 1. The van der Waals surface area contributed by atoms with Crippen LogP contribution >= 0.6 is 11.3 Å². The molecule has 1 aliphatic rings. The standard InChI is InChI=1S/C30H25F4N5O5S/c1-30(2)13-43-11-22(30)39-21-8-14(28(40)41)4-6-20(21)35-23(39)10-15-18(32)9-16(26(34)25(15)33)19-7-5-17(31)27(36-19)44-12-24-37-38-29(42-3)45-24/h4-9,22H,10-13H2,1-3H3,(H,40,41). The lowest BCUT2D eigenvalue weighted by Crippen LogP contribution is -2.27. The minimum atomic E-state index is -1.47. The number of rotatable bonds is 9. The second-order valence-corrected chi connectivity index (χ2v) is 12.1. The largest absolute Gasteiger partial charge is 0.478 e. The number of imidazole rings is 1. The number of nitrogens with zero attached hydrogens (tertiary/aromatic N) is 5. The molecule has 1 aliphatic heterocycles. The van der Waals surface area contributed by atoms with Crippen LogP contribution in [0.1, 0.15) is 46.6 Å². The van der Waals surface area contributed by atoms with Crippen LogP contribution in [0.25, 0.3) is 22.3 Å². The minimum Gasteiger partial charge on any atom is -0.478 e. The highest BCUT2D eigenvalue weighted by atomic mass is 32.1. The molecule has 0 spiro atoms. The third kappa shape index (κ3) is 5.68. The minimum absolute atomic E-state index is 0.0119. The number of carboxylic acid groups (broad SMARTS) is 1. The average molecular weight is 644 g/mol. The molecule has 45 heavy (non-hydrogen) atoms. The molecule has 0 radical (unpaired) electrons. The molecule has 1 unspecified atom stereocenters. The molecule has 15 heteroatoms. The predicted molar refractivity (Wildman–Crippen MR) is 153 cm³/mol. The van der Waals surface area contributed by atoms with Gasteiger partial charge in [-0.05, 0) is 36.4 Å². The number of benzene rings is 2. The Bertz CT molecular complexity index is 1950. The summed E-state index contributed by atoms with van der Waals surface area (Å²) < 4.78 is 79.1. The van der Waals surface area contributed by atoms with Gasteiger partial charge in [-0.1, -0.05) is 30.3 Å². The van der Waals surface area contributed by atoms with E-state index in [1.54, 1.807) is 4.57 Å². The molecule has 10 nitrogen and oxygen atoms in total. The summed E-state index contributed by atoms with van der Waals surface area (Å²) in [4.78, 5) is 20.2. The highest BCUT2D eigenvalue weighted by Crippen LogP contribution is 2.41. The maximum atomic E-state index is 15.7. The molecule has 3 aromatic heterocycles. The van der Waals surface area contributed by atoms with Crippen molar-refractivity contribution in [1.29, 1.82) is 0 Å². The highest BCUT2D eigenvalue weighted by molar-refractivity contribution is 7.13. The zero-order chi connectivity index (χ0) is 32.0. The first-order chi connectivity index (χ1) is 21.5. The molecule has 1 fully saturated rings. The Hall–Kier alpha value is -4.63. The average Bonchev–Trinajstić information content (AvgIpc) is 3.72. The molecular weight excluding hydrogens is 618 g/mol. The van der Waals surface area contributed by atoms with Crippen LogP contribution in [0.15, 0.2) is 36.4 Å². The summed E-state index contributed by atoms with van der Waals surface area (Å²) in [7, 11) is 1.41. The number of ether oxygens (including phenoxy) is 3. The van der Waals surface area contributed by atoms with E-state index < -0.39 is 58.1 Å². The molecular formula is C30H25F4N5O5S. The molecule has 1 saturated heterocycles. The van der Waals surface area contributed by atoms with Gasteiger partial charge >= 0.3 is 5.97 Å². The van der Waals surface area contributed by atoms with E-state index >= 15 is 13.2 Å². The third-order valence-corrected chi connectivity index (χ3v) is 8.46. The molecule has 4 heterocycles. The van der Waals surface area contributed by atoms with Gasteiger partial charge in [0.25, 0.3) is 11.1 Å². The lowest BCUT2D eigenvalue weighted by molar-refractivity contribution is 0.0697. The van der Waals surface area contributed by atoms with Gasteiger partial charge in [0.15, 0.2) is 22.5 Å². The molecule has 0 amide bonds. The SMILES string of the molecule is COc1nnc(COc2nc(-c3cc(F)c(Cc4nc5ccc(C(=O)O)cc5n4C4COCC4(C)C)c(F)c3F)ccc2F)s1.